The number of carbonyl (C=O) groups excluding carboxylic acids is 2. The quantitative estimate of drug-likeness (QED) is 0.639. The Hall–Kier alpha value is -3.68. The van der Waals surface area contributed by atoms with Gasteiger partial charge in [0.05, 0.1) is 11.4 Å². The molecule has 2 N–H and O–H groups in total. The van der Waals surface area contributed by atoms with E-state index in [0.29, 0.717) is 5.69 Å². The van der Waals surface area contributed by atoms with Crippen molar-refractivity contribution in [3.05, 3.63) is 71.8 Å². The number of para-hydroxylation sites is 1. The number of aromatic nitrogens is 2. The van der Waals surface area contributed by atoms with Gasteiger partial charge in [0.2, 0.25) is 0 Å². The zero-order valence-electron chi connectivity index (χ0n) is 17.2. The number of hydrogen-bond acceptors (Lipinski definition) is 4. The van der Waals surface area contributed by atoms with E-state index in [2.05, 4.69) is 15.7 Å². The predicted octanol–water partition coefficient (Wildman–Crippen LogP) is 4.92. The molecule has 30 heavy (non-hydrogen) atoms. The molecule has 0 aliphatic carbocycles. The Morgan fingerprint density at radius 1 is 1.03 bits per heavy atom. The standard InChI is InChI=1S/C22H23FN4O3/c1-14-12-19(26-27(14)16-8-6-5-7-9-16)20(28)24-15-10-11-17(23)18(13-15)25-21(29)30-22(2,3)4/h5-13H,1-4H3,(H,24,28)(H,25,29). The van der Waals surface area contributed by atoms with Gasteiger partial charge in [-0.05, 0) is 64.1 Å². The van der Waals surface area contributed by atoms with Crippen LogP contribution in [0.25, 0.3) is 5.69 Å². The number of halogens is 1. The SMILES string of the molecule is Cc1cc(C(=O)Nc2ccc(F)c(NC(=O)OC(C)(C)C)c2)nn1-c1ccccc1. The molecule has 0 unspecified atom stereocenters. The second kappa shape index (κ2) is 8.36. The molecule has 0 atom stereocenters. The molecule has 2 amide bonds. The van der Waals surface area contributed by atoms with Gasteiger partial charge in [0, 0.05) is 11.4 Å². The molecule has 0 saturated heterocycles. The summed E-state index contributed by atoms with van der Waals surface area (Å²) >= 11 is 0. The van der Waals surface area contributed by atoms with Crippen LogP contribution in [0.1, 0.15) is 37.0 Å². The Balaban J connectivity index is 1.75. The van der Waals surface area contributed by atoms with Crippen molar-refractivity contribution in [3.63, 3.8) is 0 Å². The first-order valence-electron chi connectivity index (χ1n) is 9.35. The van der Waals surface area contributed by atoms with Crippen LogP contribution in [0, 0.1) is 12.7 Å². The molecule has 1 aromatic heterocycles. The van der Waals surface area contributed by atoms with Crippen molar-refractivity contribution in [3.8, 4) is 5.69 Å². The molecule has 3 aromatic rings. The van der Waals surface area contributed by atoms with Gasteiger partial charge in [0.25, 0.3) is 5.91 Å². The van der Waals surface area contributed by atoms with Crippen LogP contribution < -0.4 is 10.6 Å². The van der Waals surface area contributed by atoms with Gasteiger partial charge in [0.1, 0.15) is 11.4 Å². The summed E-state index contributed by atoms with van der Waals surface area (Å²) in [6, 6.07) is 15.0. The molecule has 0 spiro atoms. The molecule has 7 nitrogen and oxygen atoms in total. The average Bonchev–Trinajstić information content (AvgIpc) is 3.05. The highest BCUT2D eigenvalue weighted by Gasteiger charge is 2.18. The van der Waals surface area contributed by atoms with E-state index in [1.807, 2.05) is 37.3 Å². The molecule has 1 heterocycles. The number of carbonyl (C=O) groups is 2. The van der Waals surface area contributed by atoms with Crippen LogP contribution in [-0.4, -0.2) is 27.4 Å². The van der Waals surface area contributed by atoms with Gasteiger partial charge in [-0.2, -0.15) is 5.10 Å². The van der Waals surface area contributed by atoms with Gasteiger partial charge in [-0.25, -0.2) is 13.9 Å². The maximum Gasteiger partial charge on any atom is 0.412 e. The third-order valence-electron chi connectivity index (χ3n) is 3.98. The molecule has 8 heteroatoms. The summed E-state index contributed by atoms with van der Waals surface area (Å²) in [6.07, 6.45) is -0.790. The van der Waals surface area contributed by atoms with Crippen molar-refractivity contribution >= 4 is 23.4 Å². The minimum atomic E-state index is -0.790. The highest BCUT2D eigenvalue weighted by atomic mass is 19.1. The summed E-state index contributed by atoms with van der Waals surface area (Å²) in [5.74, 6) is -1.11. The van der Waals surface area contributed by atoms with E-state index in [4.69, 9.17) is 4.74 Å². The fourth-order valence-electron chi connectivity index (χ4n) is 2.72. The van der Waals surface area contributed by atoms with Crippen LogP contribution in [0.15, 0.2) is 54.6 Å². The second-order valence-corrected chi connectivity index (χ2v) is 7.69. The van der Waals surface area contributed by atoms with Crippen molar-refractivity contribution < 1.29 is 18.7 Å². The predicted molar refractivity (Wildman–Crippen MR) is 113 cm³/mol. The Kier molecular flexibility index (Phi) is 5.86. The van der Waals surface area contributed by atoms with Crippen molar-refractivity contribution in [2.24, 2.45) is 0 Å². The molecule has 0 radical (unpaired) electrons. The molecule has 156 valence electrons. The monoisotopic (exact) mass is 410 g/mol. The van der Waals surface area contributed by atoms with E-state index >= 15 is 0 Å². The molecule has 0 aliphatic rings. The van der Waals surface area contributed by atoms with Crippen LogP contribution >= 0.6 is 0 Å². The normalized spacial score (nSPS) is 11.1. The first-order valence-corrected chi connectivity index (χ1v) is 9.35. The number of aryl methyl sites for hydroxylation is 1. The summed E-state index contributed by atoms with van der Waals surface area (Å²) in [4.78, 5) is 24.5. The second-order valence-electron chi connectivity index (χ2n) is 7.69. The highest BCUT2D eigenvalue weighted by molar-refractivity contribution is 6.03. The van der Waals surface area contributed by atoms with Crippen LogP contribution in [0.2, 0.25) is 0 Å². The van der Waals surface area contributed by atoms with E-state index in [9.17, 15) is 14.0 Å². The number of anilines is 2. The molecule has 0 aliphatic heterocycles. The lowest BCUT2D eigenvalue weighted by atomic mass is 10.2. The Bertz CT molecular complexity index is 1070. The van der Waals surface area contributed by atoms with E-state index < -0.39 is 23.4 Å². The number of ether oxygens (including phenoxy) is 1. The van der Waals surface area contributed by atoms with Crippen molar-refractivity contribution in [2.45, 2.75) is 33.3 Å². The van der Waals surface area contributed by atoms with Crippen LogP contribution in [0.5, 0.6) is 0 Å². The van der Waals surface area contributed by atoms with Crippen LogP contribution in [0.4, 0.5) is 20.6 Å². The Morgan fingerprint density at radius 2 is 1.73 bits per heavy atom. The number of nitrogens with one attached hydrogen (secondary N) is 2. The fourth-order valence-corrected chi connectivity index (χ4v) is 2.72. The fraction of sp³-hybridized carbons (Fsp3) is 0.227. The lowest BCUT2D eigenvalue weighted by molar-refractivity contribution is 0.0635. The number of amides is 2. The van der Waals surface area contributed by atoms with Gasteiger partial charge >= 0.3 is 6.09 Å². The summed E-state index contributed by atoms with van der Waals surface area (Å²) in [5.41, 5.74) is 1.31. The van der Waals surface area contributed by atoms with Crippen molar-refractivity contribution in [1.29, 1.82) is 0 Å². The minimum Gasteiger partial charge on any atom is -0.444 e. The lowest BCUT2D eigenvalue weighted by Gasteiger charge is -2.20. The summed E-state index contributed by atoms with van der Waals surface area (Å²) < 4.78 is 20.9. The topological polar surface area (TPSA) is 85.2 Å². The van der Waals surface area contributed by atoms with E-state index in [1.165, 1.54) is 12.1 Å². The molecular formula is C22H23FN4O3. The highest BCUT2D eigenvalue weighted by Crippen LogP contribution is 2.22. The van der Waals surface area contributed by atoms with Crippen LogP contribution in [-0.2, 0) is 4.74 Å². The molecule has 3 rings (SSSR count). The molecule has 2 aromatic carbocycles. The van der Waals surface area contributed by atoms with Gasteiger partial charge in [-0.15, -0.1) is 0 Å². The number of hydrogen-bond donors (Lipinski definition) is 2. The van der Waals surface area contributed by atoms with E-state index in [-0.39, 0.29) is 11.4 Å². The minimum absolute atomic E-state index is 0.104. The van der Waals surface area contributed by atoms with Crippen LogP contribution in [0.3, 0.4) is 0 Å². The largest absolute Gasteiger partial charge is 0.444 e. The summed E-state index contributed by atoms with van der Waals surface area (Å²) in [5, 5.41) is 9.36. The molecular weight excluding hydrogens is 387 g/mol. The summed E-state index contributed by atoms with van der Waals surface area (Å²) in [7, 11) is 0. The molecule has 0 bridgehead atoms. The number of benzene rings is 2. The number of rotatable bonds is 4. The van der Waals surface area contributed by atoms with Gasteiger partial charge in [-0.1, -0.05) is 18.2 Å². The first kappa shape index (κ1) is 21.0. The zero-order chi connectivity index (χ0) is 21.9. The Morgan fingerprint density at radius 3 is 2.40 bits per heavy atom. The Labute approximate surface area is 173 Å². The average molecular weight is 410 g/mol. The van der Waals surface area contributed by atoms with E-state index in [1.54, 1.807) is 31.5 Å². The third kappa shape index (κ3) is 5.22. The lowest BCUT2D eigenvalue weighted by Crippen LogP contribution is -2.27. The maximum absolute atomic E-state index is 14.1. The summed E-state index contributed by atoms with van der Waals surface area (Å²) in [6.45, 7) is 6.96. The number of nitrogens with zero attached hydrogens (tertiary/aromatic N) is 2. The third-order valence-corrected chi connectivity index (χ3v) is 3.98. The van der Waals surface area contributed by atoms with E-state index in [0.717, 1.165) is 17.4 Å². The zero-order valence-corrected chi connectivity index (χ0v) is 17.2. The van der Waals surface area contributed by atoms with Gasteiger partial charge < -0.3 is 10.1 Å². The molecule has 0 fully saturated rings. The molecule has 0 saturated carbocycles. The van der Waals surface area contributed by atoms with Crippen molar-refractivity contribution in [1.82, 2.24) is 9.78 Å². The van der Waals surface area contributed by atoms with Gasteiger partial charge in [-0.3, -0.25) is 10.1 Å². The maximum atomic E-state index is 14.1. The first-order chi connectivity index (χ1) is 14.1. The van der Waals surface area contributed by atoms with Crippen molar-refractivity contribution in [2.75, 3.05) is 10.6 Å². The van der Waals surface area contributed by atoms with Gasteiger partial charge in [0.15, 0.2) is 5.69 Å². The smallest absolute Gasteiger partial charge is 0.412 e.